The summed E-state index contributed by atoms with van der Waals surface area (Å²) in [5.74, 6) is -0.801. The first-order valence-electron chi connectivity index (χ1n) is 10.2. The van der Waals surface area contributed by atoms with Gasteiger partial charge in [-0.05, 0) is 51.0 Å². The van der Waals surface area contributed by atoms with Gasteiger partial charge in [-0.1, -0.05) is 23.7 Å². The summed E-state index contributed by atoms with van der Waals surface area (Å²) in [6.07, 6.45) is -3.55. The van der Waals surface area contributed by atoms with Gasteiger partial charge in [-0.25, -0.2) is 4.39 Å². The Bertz CT molecular complexity index is 1190. The molecule has 1 unspecified atom stereocenters. The van der Waals surface area contributed by atoms with Crippen LogP contribution in [0.1, 0.15) is 55.4 Å². The van der Waals surface area contributed by atoms with E-state index in [9.17, 15) is 17.7 Å². The van der Waals surface area contributed by atoms with Crippen LogP contribution < -0.4 is 0 Å². The summed E-state index contributed by atoms with van der Waals surface area (Å²) in [5.41, 5.74) is -0.664. The van der Waals surface area contributed by atoms with Crippen LogP contribution in [-0.2, 0) is 30.6 Å². The molecule has 3 aromatic rings. The molecule has 2 aromatic heterocycles. The summed E-state index contributed by atoms with van der Waals surface area (Å²) >= 11 is 6.05. The topological polar surface area (TPSA) is 44.1 Å². The number of hydrogen-bond acceptors (Lipinski definition) is 4. The summed E-state index contributed by atoms with van der Waals surface area (Å²) in [7, 11) is 0. The lowest BCUT2D eigenvalue weighted by Crippen LogP contribution is -2.42. The quantitative estimate of drug-likeness (QED) is 0.281. The summed E-state index contributed by atoms with van der Waals surface area (Å²) in [6, 6.07) is 5.17. The molecule has 4 nitrogen and oxygen atoms in total. The van der Waals surface area contributed by atoms with Crippen LogP contribution in [0.3, 0.4) is 0 Å². The van der Waals surface area contributed by atoms with Gasteiger partial charge in [-0.3, -0.25) is 4.68 Å². The molecule has 0 bridgehead atoms. The number of fused-ring (bicyclic) bond motifs is 1. The van der Waals surface area contributed by atoms with Crippen molar-refractivity contribution >= 4 is 34.3 Å². The Hall–Kier alpha value is -1.59. The molecule has 2 atom stereocenters. The van der Waals surface area contributed by atoms with E-state index < -0.39 is 39.8 Å². The smallest absolute Gasteiger partial charge is 0.435 e. The SMILES string of the molecule is CCn1cc(-c2c(F)cccc2C2c3cc(Cl)sc3CN2[S@+]([O-])C(C)(C)C)c(C(F)(F)F)n1. The van der Waals surface area contributed by atoms with Crippen molar-refractivity contribution in [2.75, 3.05) is 0 Å². The molecule has 1 aliphatic rings. The van der Waals surface area contributed by atoms with Gasteiger partial charge < -0.3 is 4.55 Å². The highest BCUT2D eigenvalue weighted by Gasteiger charge is 2.47. The van der Waals surface area contributed by atoms with Crippen molar-refractivity contribution in [2.24, 2.45) is 0 Å². The maximum absolute atomic E-state index is 15.3. The third-order valence-electron chi connectivity index (χ3n) is 5.39. The predicted molar refractivity (Wildman–Crippen MR) is 123 cm³/mol. The Morgan fingerprint density at radius 3 is 2.55 bits per heavy atom. The van der Waals surface area contributed by atoms with Gasteiger partial charge in [-0.15, -0.1) is 15.6 Å². The number of aromatic nitrogens is 2. The van der Waals surface area contributed by atoms with Gasteiger partial charge in [0.15, 0.2) is 5.69 Å². The van der Waals surface area contributed by atoms with Crippen molar-refractivity contribution in [1.82, 2.24) is 14.1 Å². The molecule has 178 valence electrons. The third-order valence-corrected chi connectivity index (χ3v) is 8.47. The molecule has 0 aliphatic carbocycles. The van der Waals surface area contributed by atoms with Gasteiger partial charge in [0.2, 0.25) is 0 Å². The molecular formula is C22H22ClF4N3OS2. The molecule has 0 spiro atoms. The van der Waals surface area contributed by atoms with Crippen LogP contribution in [0.25, 0.3) is 11.1 Å². The second-order valence-electron chi connectivity index (χ2n) is 8.72. The molecule has 3 heterocycles. The van der Waals surface area contributed by atoms with Crippen molar-refractivity contribution in [3.05, 3.63) is 62.3 Å². The van der Waals surface area contributed by atoms with Crippen LogP contribution in [0.5, 0.6) is 0 Å². The van der Waals surface area contributed by atoms with Crippen LogP contribution in [0.2, 0.25) is 4.34 Å². The second kappa shape index (κ2) is 8.57. The number of aryl methyl sites for hydroxylation is 1. The molecule has 33 heavy (non-hydrogen) atoms. The van der Waals surface area contributed by atoms with Gasteiger partial charge in [-0.2, -0.15) is 18.3 Å². The normalized spacial score (nSPS) is 18.1. The lowest BCUT2D eigenvalue weighted by molar-refractivity contribution is -0.141. The lowest BCUT2D eigenvalue weighted by Gasteiger charge is -2.34. The molecule has 0 amide bonds. The molecule has 0 fully saturated rings. The van der Waals surface area contributed by atoms with Gasteiger partial charge in [0.05, 0.1) is 10.9 Å². The fraction of sp³-hybridized carbons (Fsp3) is 0.409. The Labute approximate surface area is 201 Å². The van der Waals surface area contributed by atoms with E-state index in [1.54, 1.807) is 23.4 Å². The number of benzene rings is 1. The Balaban J connectivity index is 1.97. The van der Waals surface area contributed by atoms with Crippen LogP contribution >= 0.6 is 22.9 Å². The zero-order chi connectivity index (χ0) is 24.3. The average Bonchev–Trinajstić information content (AvgIpc) is 3.37. The van der Waals surface area contributed by atoms with Crippen LogP contribution in [0.4, 0.5) is 17.6 Å². The Morgan fingerprint density at radius 1 is 1.24 bits per heavy atom. The first-order chi connectivity index (χ1) is 15.3. The lowest BCUT2D eigenvalue weighted by atomic mass is 9.92. The summed E-state index contributed by atoms with van der Waals surface area (Å²) in [5, 5.41) is 3.66. The second-order valence-corrected chi connectivity index (χ2v) is 12.7. The number of hydrogen-bond donors (Lipinski definition) is 0. The maximum atomic E-state index is 15.3. The number of thiophene rings is 1. The monoisotopic (exact) mass is 519 g/mol. The van der Waals surface area contributed by atoms with Crippen LogP contribution in [0, 0.1) is 5.82 Å². The van der Waals surface area contributed by atoms with E-state index in [-0.39, 0.29) is 17.7 Å². The number of halogens is 5. The first-order valence-corrected chi connectivity index (χ1v) is 12.5. The molecule has 0 radical (unpaired) electrons. The molecule has 0 saturated carbocycles. The minimum absolute atomic E-state index is 0.194. The highest BCUT2D eigenvalue weighted by molar-refractivity contribution is 7.90. The fourth-order valence-electron chi connectivity index (χ4n) is 4.01. The summed E-state index contributed by atoms with van der Waals surface area (Å²) < 4.78 is 73.0. The van der Waals surface area contributed by atoms with Crippen molar-refractivity contribution in [2.45, 2.75) is 57.7 Å². The predicted octanol–water partition coefficient (Wildman–Crippen LogP) is 6.81. The maximum Gasteiger partial charge on any atom is 0.435 e. The Morgan fingerprint density at radius 2 is 1.94 bits per heavy atom. The van der Waals surface area contributed by atoms with Crippen molar-refractivity contribution in [3.8, 4) is 11.1 Å². The number of nitrogens with zero attached hydrogens (tertiary/aromatic N) is 3. The van der Waals surface area contributed by atoms with Crippen molar-refractivity contribution in [1.29, 1.82) is 0 Å². The molecule has 11 heteroatoms. The standard InChI is InChI=1S/C22H22ClF4N3OS2/c1-5-29-10-14(20(28-29)22(25,26)27)18-12(7-6-8-15(18)24)19-13-9-17(23)32-16(13)11-30(19)33(31)21(2,3)4/h6-10,19H,5,11H2,1-4H3/t19?,33-/m1/s1. The van der Waals surface area contributed by atoms with Gasteiger partial charge in [0.25, 0.3) is 0 Å². The van der Waals surface area contributed by atoms with Crippen molar-refractivity contribution < 1.29 is 22.1 Å². The summed E-state index contributed by atoms with van der Waals surface area (Å²) in [4.78, 5) is 0.859. The zero-order valence-corrected chi connectivity index (χ0v) is 20.7. The van der Waals surface area contributed by atoms with E-state index in [2.05, 4.69) is 5.10 Å². The molecule has 0 saturated heterocycles. The van der Waals surface area contributed by atoms with E-state index in [4.69, 9.17) is 11.6 Å². The first kappa shape index (κ1) is 24.5. The van der Waals surface area contributed by atoms with Crippen LogP contribution in [0.15, 0.2) is 30.5 Å². The average molecular weight is 520 g/mol. The van der Waals surface area contributed by atoms with E-state index in [0.29, 0.717) is 16.4 Å². The van der Waals surface area contributed by atoms with Crippen LogP contribution in [-0.4, -0.2) is 23.4 Å². The van der Waals surface area contributed by atoms with E-state index in [1.165, 1.54) is 23.6 Å². The molecule has 1 aliphatic heterocycles. The third kappa shape index (κ3) is 4.43. The van der Waals surface area contributed by atoms with Crippen molar-refractivity contribution in [3.63, 3.8) is 0 Å². The largest absolute Gasteiger partial charge is 0.597 e. The molecular weight excluding hydrogens is 498 g/mol. The number of rotatable bonds is 4. The van der Waals surface area contributed by atoms with E-state index in [0.717, 1.165) is 21.2 Å². The van der Waals surface area contributed by atoms with E-state index in [1.807, 2.05) is 20.8 Å². The number of alkyl halides is 3. The Kier molecular flexibility index (Phi) is 6.37. The molecule has 1 aromatic carbocycles. The van der Waals surface area contributed by atoms with Gasteiger partial charge >= 0.3 is 6.18 Å². The summed E-state index contributed by atoms with van der Waals surface area (Å²) in [6.45, 7) is 7.61. The highest BCUT2D eigenvalue weighted by Crippen LogP contribution is 2.50. The van der Waals surface area contributed by atoms with Gasteiger partial charge in [0, 0.05) is 40.1 Å². The minimum Gasteiger partial charge on any atom is -0.597 e. The molecule has 4 rings (SSSR count). The van der Waals surface area contributed by atoms with E-state index >= 15 is 4.39 Å². The fourth-order valence-corrected chi connectivity index (χ4v) is 6.77. The minimum atomic E-state index is -4.77. The zero-order valence-electron chi connectivity index (χ0n) is 18.3. The highest BCUT2D eigenvalue weighted by atomic mass is 35.5. The molecule has 0 N–H and O–H groups in total. The van der Waals surface area contributed by atoms with Gasteiger partial charge in [0.1, 0.15) is 16.6 Å².